The van der Waals surface area contributed by atoms with Crippen molar-refractivity contribution in [1.29, 1.82) is 0 Å². The molecule has 0 unspecified atom stereocenters. The Balaban J connectivity index is 1.59. The van der Waals surface area contributed by atoms with Gasteiger partial charge in [-0.3, -0.25) is 15.0 Å². The molecule has 1 aromatic carbocycles. The number of rotatable bonds is 4. The number of hydrogen-bond acceptors (Lipinski definition) is 4. The van der Waals surface area contributed by atoms with Crippen LogP contribution in [0.4, 0.5) is 5.13 Å². The van der Waals surface area contributed by atoms with E-state index in [1.165, 1.54) is 24.2 Å². The molecule has 1 fully saturated rings. The number of aromatic nitrogens is 1. The Labute approximate surface area is 149 Å². The molecule has 1 N–H and O–H groups in total. The fourth-order valence-electron chi connectivity index (χ4n) is 2.70. The van der Waals surface area contributed by atoms with Crippen LogP contribution in [0.1, 0.15) is 35.8 Å². The molecule has 23 heavy (non-hydrogen) atoms. The van der Waals surface area contributed by atoms with Crippen LogP contribution >= 0.6 is 27.3 Å². The molecule has 4 nitrogen and oxygen atoms in total. The van der Waals surface area contributed by atoms with Gasteiger partial charge in [-0.15, -0.1) is 11.3 Å². The van der Waals surface area contributed by atoms with Crippen molar-refractivity contribution in [1.82, 2.24) is 9.88 Å². The number of nitrogens with one attached hydrogen (secondary N) is 1. The van der Waals surface area contributed by atoms with E-state index in [4.69, 9.17) is 0 Å². The Kier molecular flexibility index (Phi) is 5.46. The van der Waals surface area contributed by atoms with Gasteiger partial charge in [-0.2, -0.15) is 0 Å². The van der Waals surface area contributed by atoms with E-state index in [2.05, 4.69) is 38.1 Å². The Morgan fingerprint density at radius 2 is 2.13 bits per heavy atom. The van der Waals surface area contributed by atoms with Gasteiger partial charge in [-0.1, -0.05) is 19.1 Å². The number of halogens is 1. The lowest BCUT2D eigenvalue weighted by molar-refractivity contribution is 0.102. The number of benzene rings is 1. The second-order valence-electron chi connectivity index (χ2n) is 6.04. The zero-order chi connectivity index (χ0) is 16.2. The number of amides is 1. The fraction of sp³-hybridized carbons (Fsp3) is 0.412. The monoisotopic (exact) mass is 393 g/mol. The Hall–Kier alpha value is -1.24. The van der Waals surface area contributed by atoms with Gasteiger partial charge in [-0.25, -0.2) is 4.98 Å². The van der Waals surface area contributed by atoms with Crippen LogP contribution in [0.3, 0.4) is 0 Å². The molecule has 1 amide bonds. The van der Waals surface area contributed by atoms with Gasteiger partial charge in [0.05, 0.1) is 11.3 Å². The number of thiazole rings is 1. The molecule has 122 valence electrons. The topological polar surface area (TPSA) is 45.2 Å². The molecule has 0 saturated carbocycles. The molecule has 1 aliphatic rings. The van der Waals surface area contributed by atoms with Gasteiger partial charge >= 0.3 is 0 Å². The van der Waals surface area contributed by atoms with Crippen molar-refractivity contribution in [2.24, 2.45) is 5.92 Å². The molecule has 0 bridgehead atoms. The first-order chi connectivity index (χ1) is 11.1. The van der Waals surface area contributed by atoms with Crippen LogP contribution in [0, 0.1) is 5.92 Å². The minimum Gasteiger partial charge on any atom is -0.298 e. The predicted octanol–water partition coefficient (Wildman–Crippen LogP) is 4.39. The molecule has 0 radical (unpaired) electrons. The van der Waals surface area contributed by atoms with E-state index in [1.54, 1.807) is 6.07 Å². The molecule has 0 aliphatic carbocycles. The second-order valence-corrected chi connectivity index (χ2v) is 7.75. The fourth-order valence-corrected chi connectivity index (χ4v) is 3.86. The molecule has 3 rings (SSSR count). The molecule has 6 heteroatoms. The second kappa shape index (κ2) is 7.55. The Morgan fingerprint density at radius 1 is 1.39 bits per heavy atom. The van der Waals surface area contributed by atoms with Crippen molar-refractivity contribution in [2.45, 2.75) is 26.3 Å². The van der Waals surface area contributed by atoms with E-state index in [0.717, 1.165) is 35.7 Å². The van der Waals surface area contributed by atoms with Crippen molar-refractivity contribution < 1.29 is 4.79 Å². The lowest BCUT2D eigenvalue weighted by atomic mass is 9.99. The number of anilines is 1. The summed E-state index contributed by atoms with van der Waals surface area (Å²) in [7, 11) is 0. The lowest BCUT2D eigenvalue weighted by Gasteiger charge is -2.29. The number of likely N-dealkylation sites (tertiary alicyclic amines) is 1. The summed E-state index contributed by atoms with van der Waals surface area (Å²) in [5.74, 6) is 0.700. The summed E-state index contributed by atoms with van der Waals surface area (Å²) in [4.78, 5) is 19.3. The minimum atomic E-state index is -0.134. The lowest BCUT2D eigenvalue weighted by Crippen LogP contribution is -2.32. The van der Waals surface area contributed by atoms with E-state index < -0.39 is 0 Å². The van der Waals surface area contributed by atoms with Gasteiger partial charge in [0.25, 0.3) is 5.91 Å². The Bertz CT molecular complexity index is 680. The summed E-state index contributed by atoms with van der Waals surface area (Å²) < 4.78 is 0.789. The summed E-state index contributed by atoms with van der Waals surface area (Å²) in [6.45, 7) is 5.46. The maximum absolute atomic E-state index is 12.3. The van der Waals surface area contributed by atoms with Crippen LogP contribution in [0.15, 0.2) is 34.1 Å². The van der Waals surface area contributed by atoms with Crippen molar-refractivity contribution in [3.63, 3.8) is 0 Å². The molecular weight excluding hydrogens is 374 g/mol. The zero-order valence-electron chi connectivity index (χ0n) is 13.1. The Morgan fingerprint density at radius 3 is 2.87 bits per heavy atom. The standard InChI is InChI=1S/C17H20BrN3OS/c1-12-6-8-21(9-7-12)10-13-11-23-17(19-13)20-16(22)14-4-2-3-5-15(14)18/h2-5,11-12H,6-10H2,1H3,(H,19,20,22). The summed E-state index contributed by atoms with van der Waals surface area (Å²) in [5, 5.41) is 5.58. The molecule has 1 aromatic heterocycles. The highest BCUT2D eigenvalue weighted by Crippen LogP contribution is 2.22. The largest absolute Gasteiger partial charge is 0.298 e. The van der Waals surface area contributed by atoms with Crippen LogP contribution in [-0.2, 0) is 6.54 Å². The van der Waals surface area contributed by atoms with Gasteiger partial charge in [-0.05, 0) is 59.9 Å². The molecule has 2 aromatic rings. The molecule has 0 atom stereocenters. The quantitative estimate of drug-likeness (QED) is 0.837. The number of piperidine rings is 1. The number of nitrogens with zero attached hydrogens (tertiary/aromatic N) is 2. The maximum Gasteiger partial charge on any atom is 0.258 e. The first-order valence-corrected chi connectivity index (χ1v) is 9.51. The molecule has 1 saturated heterocycles. The molecule has 2 heterocycles. The highest BCUT2D eigenvalue weighted by Gasteiger charge is 2.17. The third-order valence-electron chi connectivity index (χ3n) is 4.15. The van der Waals surface area contributed by atoms with Crippen molar-refractivity contribution in [2.75, 3.05) is 18.4 Å². The molecular formula is C17H20BrN3OS. The van der Waals surface area contributed by atoms with E-state index >= 15 is 0 Å². The smallest absolute Gasteiger partial charge is 0.258 e. The number of carbonyl (C=O) groups excluding carboxylic acids is 1. The van der Waals surface area contributed by atoms with Gasteiger partial charge in [0.1, 0.15) is 0 Å². The summed E-state index contributed by atoms with van der Waals surface area (Å²) in [5.41, 5.74) is 1.65. The normalized spacial score (nSPS) is 16.4. The summed E-state index contributed by atoms with van der Waals surface area (Å²) in [6.07, 6.45) is 2.52. The van der Waals surface area contributed by atoms with E-state index in [1.807, 2.05) is 23.6 Å². The highest BCUT2D eigenvalue weighted by atomic mass is 79.9. The summed E-state index contributed by atoms with van der Waals surface area (Å²) in [6, 6.07) is 7.40. The number of carbonyl (C=O) groups is 1. The van der Waals surface area contributed by atoms with E-state index in [-0.39, 0.29) is 5.91 Å². The van der Waals surface area contributed by atoms with Crippen molar-refractivity contribution >= 4 is 38.3 Å². The first kappa shape index (κ1) is 16.6. The third-order valence-corrected chi connectivity index (χ3v) is 5.65. The van der Waals surface area contributed by atoms with Crippen LogP contribution in [0.25, 0.3) is 0 Å². The van der Waals surface area contributed by atoms with Crippen LogP contribution in [0.2, 0.25) is 0 Å². The van der Waals surface area contributed by atoms with Crippen molar-refractivity contribution in [3.8, 4) is 0 Å². The van der Waals surface area contributed by atoms with Gasteiger partial charge in [0, 0.05) is 16.4 Å². The van der Waals surface area contributed by atoms with Crippen LogP contribution < -0.4 is 5.32 Å². The number of hydrogen-bond donors (Lipinski definition) is 1. The van der Waals surface area contributed by atoms with Crippen molar-refractivity contribution in [3.05, 3.63) is 45.4 Å². The zero-order valence-corrected chi connectivity index (χ0v) is 15.5. The van der Waals surface area contributed by atoms with E-state index in [0.29, 0.717) is 10.7 Å². The molecule has 0 spiro atoms. The van der Waals surface area contributed by atoms with Gasteiger partial charge < -0.3 is 0 Å². The molecule has 1 aliphatic heterocycles. The van der Waals surface area contributed by atoms with Crippen LogP contribution in [0.5, 0.6) is 0 Å². The third kappa shape index (κ3) is 4.40. The predicted molar refractivity (Wildman–Crippen MR) is 97.9 cm³/mol. The SMILES string of the molecule is CC1CCN(Cc2csc(NC(=O)c3ccccc3Br)n2)CC1. The summed E-state index contributed by atoms with van der Waals surface area (Å²) >= 11 is 4.88. The van der Waals surface area contributed by atoms with Gasteiger partial charge in [0.2, 0.25) is 0 Å². The van der Waals surface area contributed by atoms with E-state index in [9.17, 15) is 4.79 Å². The average Bonchev–Trinajstić information content (AvgIpc) is 2.97. The van der Waals surface area contributed by atoms with Gasteiger partial charge in [0.15, 0.2) is 5.13 Å². The van der Waals surface area contributed by atoms with Crippen LogP contribution in [-0.4, -0.2) is 28.9 Å². The first-order valence-electron chi connectivity index (χ1n) is 7.84. The average molecular weight is 394 g/mol. The highest BCUT2D eigenvalue weighted by molar-refractivity contribution is 9.10. The maximum atomic E-state index is 12.3. The minimum absolute atomic E-state index is 0.134.